The number of carboxylic acids is 1. The molecule has 2 aromatic heterocycles. The number of H-pyrrole nitrogens is 1. The van der Waals surface area contributed by atoms with E-state index in [9.17, 15) is 9.59 Å². The van der Waals surface area contributed by atoms with Gasteiger partial charge in [-0.2, -0.15) is 0 Å². The van der Waals surface area contributed by atoms with Crippen molar-refractivity contribution in [2.24, 2.45) is 5.92 Å². The van der Waals surface area contributed by atoms with E-state index in [2.05, 4.69) is 20.5 Å². The quantitative estimate of drug-likeness (QED) is 0.820. The van der Waals surface area contributed by atoms with Crippen LogP contribution >= 0.6 is 0 Å². The van der Waals surface area contributed by atoms with Crippen molar-refractivity contribution in [3.05, 3.63) is 28.7 Å². The molecule has 0 radical (unpaired) electrons. The van der Waals surface area contributed by atoms with E-state index < -0.39 is 17.9 Å². The maximum absolute atomic E-state index is 11.8. The van der Waals surface area contributed by atoms with Crippen molar-refractivity contribution in [3.63, 3.8) is 0 Å². The number of hydrogen-bond donors (Lipinski definition) is 2. The summed E-state index contributed by atoms with van der Waals surface area (Å²) in [5.41, 5.74) is 0.0712. The number of pyridine rings is 1. The van der Waals surface area contributed by atoms with Gasteiger partial charge in [0.1, 0.15) is 0 Å². The molecule has 2 aromatic rings. The Labute approximate surface area is 108 Å². The maximum atomic E-state index is 11.8. The van der Waals surface area contributed by atoms with Gasteiger partial charge in [-0.15, -0.1) is 5.10 Å². The summed E-state index contributed by atoms with van der Waals surface area (Å²) >= 11 is 0. The number of carboxylic acid groups (broad SMARTS) is 1. The van der Waals surface area contributed by atoms with E-state index in [0.29, 0.717) is 5.56 Å². The van der Waals surface area contributed by atoms with Gasteiger partial charge in [-0.05, 0) is 24.3 Å². The molecular formula is C11H13N5O3. The highest BCUT2D eigenvalue weighted by atomic mass is 16.4. The topological polar surface area (TPSA) is 114 Å². The highest BCUT2D eigenvalue weighted by molar-refractivity contribution is 5.70. The summed E-state index contributed by atoms with van der Waals surface area (Å²) in [4.78, 5) is 25.5. The third kappa shape index (κ3) is 2.37. The number of nitrogens with zero attached hydrogens (tertiary/aromatic N) is 4. The summed E-state index contributed by atoms with van der Waals surface area (Å²) in [5.74, 6) is -1.37. The SMILES string of the molecule is CC(C(=O)O)C(C)n1nnnc1-c1c[nH]ccc1=O. The second-order valence-corrected chi connectivity index (χ2v) is 4.24. The van der Waals surface area contributed by atoms with Crippen molar-refractivity contribution in [1.29, 1.82) is 0 Å². The van der Waals surface area contributed by atoms with Gasteiger partial charge in [0.15, 0.2) is 11.3 Å². The second kappa shape index (κ2) is 5.01. The lowest BCUT2D eigenvalue weighted by molar-refractivity contribution is -0.142. The minimum absolute atomic E-state index is 0.232. The van der Waals surface area contributed by atoms with Crippen LogP contribution in [0, 0.1) is 5.92 Å². The van der Waals surface area contributed by atoms with Crippen LogP contribution in [-0.4, -0.2) is 36.3 Å². The third-order valence-electron chi connectivity index (χ3n) is 3.06. The number of aliphatic carboxylic acids is 1. The zero-order valence-corrected chi connectivity index (χ0v) is 10.4. The van der Waals surface area contributed by atoms with Crippen LogP contribution in [0.3, 0.4) is 0 Å². The van der Waals surface area contributed by atoms with Gasteiger partial charge in [0.25, 0.3) is 0 Å². The summed E-state index contributed by atoms with van der Waals surface area (Å²) in [7, 11) is 0. The fourth-order valence-electron chi connectivity index (χ4n) is 1.65. The first-order valence-electron chi connectivity index (χ1n) is 5.70. The fraction of sp³-hybridized carbons (Fsp3) is 0.364. The molecule has 0 fully saturated rings. The molecule has 100 valence electrons. The maximum Gasteiger partial charge on any atom is 0.308 e. The number of hydrogen-bond acceptors (Lipinski definition) is 5. The summed E-state index contributed by atoms with van der Waals surface area (Å²) < 4.78 is 1.35. The van der Waals surface area contributed by atoms with Crippen LogP contribution in [0.25, 0.3) is 11.4 Å². The molecule has 0 spiro atoms. The number of aromatic nitrogens is 5. The predicted octanol–water partition coefficient (Wildman–Crippen LogP) is 0.310. The second-order valence-electron chi connectivity index (χ2n) is 4.24. The monoisotopic (exact) mass is 263 g/mol. The van der Waals surface area contributed by atoms with Gasteiger partial charge >= 0.3 is 5.97 Å². The summed E-state index contributed by atoms with van der Waals surface area (Å²) in [5, 5.41) is 20.1. The van der Waals surface area contributed by atoms with Crippen LogP contribution < -0.4 is 5.43 Å². The minimum Gasteiger partial charge on any atom is -0.481 e. The summed E-state index contributed by atoms with van der Waals surface area (Å²) in [6.07, 6.45) is 2.99. The van der Waals surface area contributed by atoms with Gasteiger partial charge in [-0.3, -0.25) is 9.59 Å². The lowest BCUT2D eigenvalue weighted by Gasteiger charge is -2.16. The Morgan fingerprint density at radius 1 is 1.47 bits per heavy atom. The first-order chi connectivity index (χ1) is 9.02. The molecule has 0 bridgehead atoms. The molecule has 0 aromatic carbocycles. The van der Waals surface area contributed by atoms with E-state index in [-0.39, 0.29) is 11.3 Å². The van der Waals surface area contributed by atoms with Gasteiger partial charge in [0.05, 0.1) is 17.5 Å². The predicted molar refractivity (Wildman–Crippen MR) is 65.4 cm³/mol. The first-order valence-corrected chi connectivity index (χ1v) is 5.70. The highest BCUT2D eigenvalue weighted by Gasteiger charge is 2.25. The van der Waals surface area contributed by atoms with E-state index in [1.54, 1.807) is 13.8 Å². The Hall–Kier alpha value is -2.51. The van der Waals surface area contributed by atoms with Crippen LogP contribution in [0.5, 0.6) is 0 Å². The molecule has 0 aliphatic rings. The van der Waals surface area contributed by atoms with Crippen molar-refractivity contribution in [1.82, 2.24) is 25.2 Å². The van der Waals surface area contributed by atoms with Gasteiger partial charge in [-0.25, -0.2) is 4.68 Å². The molecule has 19 heavy (non-hydrogen) atoms. The molecular weight excluding hydrogens is 250 g/mol. The third-order valence-corrected chi connectivity index (χ3v) is 3.06. The Kier molecular flexibility index (Phi) is 3.41. The molecule has 0 saturated carbocycles. The van der Waals surface area contributed by atoms with Crippen LogP contribution in [-0.2, 0) is 4.79 Å². The van der Waals surface area contributed by atoms with Crippen molar-refractivity contribution < 1.29 is 9.90 Å². The molecule has 2 N–H and O–H groups in total. The normalized spacial score (nSPS) is 14.0. The molecule has 2 heterocycles. The minimum atomic E-state index is -0.948. The van der Waals surface area contributed by atoms with Crippen LogP contribution in [0.4, 0.5) is 0 Å². The van der Waals surface area contributed by atoms with Crippen molar-refractivity contribution in [2.75, 3.05) is 0 Å². The van der Waals surface area contributed by atoms with Crippen LogP contribution in [0.15, 0.2) is 23.3 Å². The summed E-state index contributed by atoms with van der Waals surface area (Å²) in [6.45, 7) is 3.25. The molecule has 2 atom stereocenters. The van der Waals surface area contributed by atoms with Crippen molar-refractivity contribution >= 4 is 5.97 Å². The van der Waals surface area contributed by atoms with E-state index in [4.69, 9.17) is 5.11 Å². The fourth-order valence-corrected chi connectivity index (χ4v) is 1.65. The lowest BCUT2D eigenvalue weighted by atomic mass is 10.0. The molecule has 8 heteroatoms. The number of carbonyl (C=O) groups is 1. The van der Waals surface area contributed by atoms with Crippen molar-refractivity contribution in [3.8, 4) is 11.4 Å². The Morgan fingerprint density at radius 3 is 2.84 bits per heavy atom. The van der Waals surface area contributed by atoms with E-state index in [0.717, 1.165) is 0 Å². The molecule has 0 saturated heterocycles. The van der Waals surface area contributed by atoms with Gasteiger partial charge < -0.3 is 10.1 Å². The average molecular weight is 263 g/mol. The van der Waals surface area contributed by atoms with E-state index >= 15 is 0 Å². The Morgan fingerprint density at radius 2 is 2.21 bits per heavy atom. The first kappa shape index (κ1) is 12.9. The average Bonchev–Trinajstić information content (AvgIpc) is 2.86. The molecule has 2 unspecified atom stereocenters. The van der Waals surface area contributed by atoms with Gasteiger partial charge in [0, 0.05) is 18.5 Å². The smallest absolute Gasteiger partial charge is 0.308 e. The van der Waals surface area contributed by atoms with Crippen molar-refractivity contribution in [2.45, 2.75) is 19.9 Å². The van der Waals surface area contributed by atoms with E-state index in [1.165, 1.54) is 23.1 Å². The zero-order chi connectivity index (χ0) is 14.0. The molecule has 8 nitrogen and oxygen atoms in total. The Bertz CT molecular complexity index is 648. The number of aromatic amines is 1. The molecule has 0 amide bonds. The molecule has 2 rings (SSSR count). The largest absolute Gasteiger partial charge is 0.481 e. The zero-order valence-electron chi connectivity index (χ0n) is 10.4. The van der Waals surface area contributed by atoms with Gasteiger partial charge in [-0.1, -0.05) is 0 Å². The lowest BCUT2D eigenvalue weighted by Crippen LogP contribution is -2.24. The number of rotatable bonds is 4. The summed E-state index contributed by atoms with van der Waals surface area (Å²) in [6, 6.07) is 0.890. The van der Waals surface area contributed by atoms with Crippen LogP contribution in [0.1, 0.15) is 19.9 Å². The highest BCUT2D eigenvalue weighted by Crippen LogP contribution is 2.21. The molecule has 0 aliphatic carbocycles. The number of tetrazole rings is 1. The number of nitrogens with one attached hydrogen (secondary N) is 1. The van der Waals surface area contributed by atoms with Crippen LogP contribution in [0.2, 0.25) is 0 Å². The Balaban J connectivity index is 2.47. The standard InChI is InChI=1S/C11H13N5O3/c1-6(11(18)19)7(2)16-10(13-14-15-16)8-5-12-4-3-9(8)17/h3-7H,1-2H3,(H,12,17)(H,18,19). The van der Waals surface area contributed by atoms with E-state index in [1.807, 2.05) is 0 Å². The van der Waals surface area contributed by atoms with Gasteiger partial charge in [0.2, 0.25) is 0 Å². The molecule has 0 aliphatic heterocycles.